The van der Waals surface area contributed by atoms with Crippen molar-refractivity contribution in [1.29, 1.82) is 0 Å². The third kappa shape index (κ3) is 2.73. The molecule has 0 saturated carbocycles. The second-order valence-electron chi connectivity index (χ2n) is 4.73. The van der Waals surface area contributed by atoms with Crippen LogP contribution in [0.15, 0.2) is 18.3 Å². The molecule has 3 nitrogen and oxygen atoms in total. The molecule has 1 aromatic rings. The Hall–Kier alpha value is -1.09. The smallest absolute Gasteiger partial charge is 0.0562 e. The first-order chi connectivity index (χ1) is 7.79. The summed E-state index contributed by atoms with van der Waals surface area (Å²) in [6.45, 7) is 5.55. The van der Waals surface area contributed by atoms with E-state index in [-0.39, 0.29) is 0 Å². The van der Waals surface area contributed by atoms with Crippen molar-refractivity contribution in [3.63, 3.8) is 0 Å². The van der Waals surface area contributed by atoms with Gasteiger partial charge in [-0.05, 0) is 37.9 Å². The van der Waals surface area contributed by atoms with E-state index in [4.69, 9.17) is 0 Å². The fourth-order valence-corrected chi connectivity index (χ4v) is 2.36. The number of nitrogens with zero attached hydrogens (tertiary/aromatic N) is 2. The van der Waals surface area contributed by atoms with Gasteiger partial charge in [0.25, 0.3) is 0 Å². The molecule has 1 N–H and O–H groups in total. The maximum Gasteiger partial charge on any atom is 0.0562 e. The molecule has 0 bridgehead atoms. The molecule has 88 valence electrons. The molecule has 2 rings (SSSR count). The molecule has 1 fully saturated rings. The monoisotopic (exact) mass is 219 g/mol. The summed E-state index contributed by atoms with van der Waals surface area (Å²) in [4.78, 5) is 6.83. The number of pyridine rings is 1. The zero-order valence-electron chi connectivity index (χ0n) is 10.2. The van der Waals surface area contributed by atoms with Crippen molar-refractivity contribution in [3.8, 4) is 0 Å². The molecule has 2 heterocycles. The lowest BCUT2D eigenvalue weighted by Crippen LogP contribution is -2.34. The van der Waals surface area contributed by atoms with E-state index in [9.17, 15) is 0 Å². The van der Waals surface area contributed by atoms with Gasteiger partial charge in [0.15, 0.2) is 0 Å². The van der Waals surface area contributed by atoms with Crippen LogP contribution in [0.25, 0.3) is 0 Å². The van der Waals surface area contributed by atoms with Gasteiger partial charge in [0.1, 0.15) is 0 Å². The molecule has 0 aliphatic carbocycles. The predicted molar refractivity (Wildman–Crippen MR) is 67.6 cm³/mol. The number of aromatic nitrogens is 1. The van der Waals surface area contributed by atoms with E-state index in [2.05, 4.69) is 34.3 Å². The minimum atomic E-state index is 0.815. The van der Waals surface area contributed by atoms with Gasteiger partial charge in [-0.15, -0.1) is 0 Å². The van der Waals surface area contributed by atoms with Crippen LogP contribution in [-0.4, -0.2) is 25.1 Å². The number of hydrogen-bond acceptors (Lipinski definition) is 3. The number of nitrogens with one attached hydrogen (secondary N) is 1. The molecular formula is C13H21N3. The summed E-state index contributed by atoms with van der Waals surface area (Å²) >= 11 is 0. The predicted octanol–water partition coefficient (Wildman–Crippen LogP) is 2.04. The quantitative estimate of drug-likeness (QED) is 0.843. The van der Waals surface area contributed by atoms with Gasteiger partial charge in [0.2, 0.25) is 0 Å². The van der Waals surface area contributed by atoms with Crippen LogP contribution in [0, 0.1) is 5.92 Å². The van der Waals surface area contributed by atoms with Gasteiger partial charge in [-0.1, -0.05) is 6.92 Å². The van der Waals surface area contributed by atoms with Gasteiger partial charge in [0, 0.05) is 31.5 Å². The van der Waals surface area contributed by atoms with Crippen molar-refractivity contribution >= 4 is 5.69 Å². The number of piperidine rings is 1. The van der Waals surface area contributed by atoms with E-state index in [0.717, 1.165) is 18.2 Å². The SMILES string of the molecule is CNCc1cc(N2CCCC(C)C2)ccn1. The molecular weight excluding hydrogens is 198 g/mol. The molecule has 1 aliphatic rings. The lowest BCUT2D eigenvalue weighted by Gasteiger charge is -2.32. The lowest BCUT2D eigenvalue weighted by atomic mass is 10.00. The highest BCUT2D eigenvalue weighted by molar-refractivity contribution is 5.46. The van der Waals surface area contributed by atoms with Crippen molar-refractivity contribution in [2.24, 2.45) is 5.92 Å². The maximum absolute atomic E-state index is 4.35. The normalized spacial score (nSPS) is 21.1. The highest BCUT2D eigenvalue weighted by Gasteiger charge is 2.16. The summed E-state index contributed by atoms with van der Waals surface area (Å²) in [6.07, 6.45) is 4.59. The van der Waals surface area contributed by atoms with Crippen LogP contribution in [0.5, 0.6) is 0 Å². The summed E-state index contributed by atoms with van der Waals surface area (Å²) in [5, 5.41) is 3.14. The van der Waals surface area contributed by atoms with Crippen molar-refractivity contribution in [2.45, 2.75) is 26.3 Å². The van der Waals surface area contributed by atoms with Crippen LogP contribution in [0.1, 0.15) is 25.5 Å². The average Bonchev–Trinajstić information content (AvgIpc) is 2.30. The van der Waals surface area contributed by atoms with Gasteiger partial charge in [-0.2, -0.15) is 0 Å². The van der Waals surface area contributed by atoms with Gasteiger partial charge >= 0.3 is 0 Å². The zero-order valence-corrected chi connectivity index (χ0v) is 10.2. The van der Waals surface area contributed by atoms with E-state index < -0.39 is 0 Å². The molecule has 0 radical (unpaired) electrons. The molecule has 0 spiro atoms. The Morgan fingerprint density at radius 2 is 2.44 bits per heavy atom. The van der Waals surface area contributed by atoms with Crippen LogP contribution in [0.3, 0.4) is 0 Å². The fourth-order valence-electron chi connectivity index (χ4n) is 2.36. The first kappa shape index (κ1) is 11.4. The Morgan fingerprint density at radius 1 is 1.56 bits per heavy atom. The molecule has 1 aliphatic heterocycles. The Bertz CT molecular complexity index is 338. The van der Waals surface area contributed by atoms with E-state index >= 15 is 0 Å². The fraction of sp³-hybridized carbons (Fsp3) is 0.615. The van der Waals surface area contributed by atoms with Crippen LogP contribution in [0.4, 0.5) is 5.69 Å². The van der Waals surface area contributed by atoms with E-state index in [1.807, 2.05) is 13.2 Å². The van der Waals surface area contributed by atoms with Crippen molar-refractivity contribution in [3.05, 3.63) is 24.0 Å². The molecule has 1 saturated heterocycles. The van der Waals surface area contributed by atoms with E-state index in [0.29, 0.717) is 0 Å². The Labute approximate surface area is 97.9 Å². The number of anilines is 1. The summed E-state index contributed by atoms with van der Waals surface area (Å²) in [5.74, 6) is 0.815. The largest absolute Gasteiger partial charge is 0.371 e. The first-order valence-electron chi connectivity index (χ1n) is 6.14. The van der Waals surface area contributed by atoms with Gasteiger partial charge in [-0.25, -0.2) is 0 Å². The number of rotatable bonds is 3. The minimum Gasteiger partial charge on any atom is -0.371 e. The third-order valence-corrected chi connectivity index (χ3v) is 3.18. The van der Waals surface area contributed by atoms with Gasteiger partial charge < -0.3 is 10.2 Å². The molecule has 1 unspecified atom stereocenters. The Kier molecular flexibility index (Phi) is 3.78. The van der Waals surface area contributed by atoms with Crippen LogP contribution in [0.2, 0.25) is 0 Å². The number of hydrogen-bond donors (Lipinski definition) is 1. The van der Waals surface area contributed by atoms with Crippen molar-refractivity contribution in [2.75, 3.05) is 25.0 Å². The van der Waals surface area contributed by atoms with E-state index in [1.54, 1.807) is 0 Å². The summed E-state index contributed by atoms with van der Waals surface area (Å²) in [6, 6.07) is 4.33. The second-order valence-corrected chi connectivity index (χ2v) is 4.73. The minimum absolute atomic E-state index is 0.815. The summed E-state index contributed by atoms with van der Waals surface area (Å²) in [7, 11) is 1.96. The molecule has 1 atom stereocenters. The maximum atomic E-state index is 4.35. The second kappa shape index (κ2) is 5.30. The molecule has 0 aromatic carbocycles. The lowest BCUT2D eigenvalue weighted by molar-refractivity contribution is 0.446. The van der Waals surface area contributed by atoms with Gasteiger partial charge in [-0.3, -0.25) is 4.98 Å². The van der Waals surface area contributed by atoms with Crippen LogP contribution in [-0.2, 0) is 6.54 Å². The highest BCUT2D eigenvalue weighted by Crippen LogP contribution is 2.22. The third-order valence-electron chi connectivity index (χ3n) is 3.18. The van der Waals surface area contributed by atoms with Crippen LogP contribution < -0.4 is 10.2 Å². The van der Waals surface area contributed by atoms with Gasteiger partial charge in [0.05, 0.1) is 5.69 Å². The average molecular weight is 219 g/mol. The highest BCUT2D eigenvalue weighted by atomic mass is 15.1. The molecule has 1 aromatic heterocycles. The Balaban J connectivity index is 2.09. The Morgan fingerprint density at radius 3 is 3.19 bits per heavy atom. The topological polar surface area (TPSA) is 28.2 Å². The van der Waals surface area contributed by atoms with Crippen LogP contribution >= 0.6 is 0 Å². The first-order valence-corrected chi connectivity index (χ1v) is 6.14. The molecule has 0 amide bonds. The molecule has 3 heteroatoms. The summed E-state index contributed by atoms with van der Waals surface area (Å²) in [5.41, 5.74) is 2.45. The van der Waals surface area contributed by atoms with Crippen molar-refractivity contribution in [1.82, 2.24) is 10.3 Å². The van der Waals surface area contributed by atoms with E-state index in [1.165, 1.54) is 31.6 Å². The standard InChI is InChI=1S/C13H21N3/c1-11-4-3-7-16(10-11)13-5-6-15-12(8-13)9-14-2/h5-6,8,11,14H,3-4,7,9-10H2,1-2H3. The summed E-state index contributed by atoms with van der Waals surface area (Å²) < 4.78 is 0. The molecule has 16 heavy (non-hydrogen) atoms. The zero-order chi connectivity index (χ0) is 11.4. The van der Waals surface area contributed by atoms with Crippen molar-refractivity contribution < 1.29 is 0 Å².